The molecule has 5 rings (SSSR count). The second-order valence-corrected chi connectivity index (χ2v) is 14.3. The van der Waals surface area contributed by atoms with Gasteiger partial charge >= 0.3 is 11.9 Å². The zero-order valence-electron chi connectivity index (χ0n) is 26.9. The molecule has 0 aliphatic carbocycles. The van der Waals surface area contributed by atoms with Crippen LogP contribution in [0.4, 0.5) is 0 Å². The minimum atomic E-state index is -0.867. The molecule has 14 heteroatoms. The Morgan fingerprint density at radius 2 is 1.76 bits per heavy atom. The first-order chi connectivity index (χ1) is 23.5. The number of carbonyl (C=O) groups is 2. The van der Waals surface area contributed by atoms with E-state index in [0.29, 0.717) is 50.3 Å². The summed E-state index contributed by atoms with van der Waals surface area (Å²) in [7, 11) is 1.27. The van der Waals surface area contributed by atoms with Crippen LogP contribution in [0.1, 0.15) is 43.5 Å². The van der Waals surface area contributed by atoms with Crippen LogP contribution in [-0.4, -0.2) is 43.4 Å². The van der Waals surface area contributed by atoms with Gasteiger partial charge in [-0.15, -0.1) is 0 Å². The molecule has 0 amide bonds. The number of aromatic nitrogens is 1. The largest absolute Gasteiger partial charge is 0.490 e. The van der Waals surface area contributed by atoms with Gasteiger partial charge in [0.1, 0.15) is 12.4 Å². The maximum Gasteiger partial charge on any atom is 0.343 e. The third-order valence-corrected chi connectivity index (χ3v) is 10.1. The SMILES string of the molecule is CCOC(=O)C1=C(C)N=c2s/c(=C/c3cc(I)c(OCc4cccc(Cl)c4)c(I)c3)c(=O)n2[C@H]1c1ccc(OCC(=O)OC)c(OCC)c1. The summed E-state index contributed by atoms with van der Waals surface area (Å²) in [5.41, 5.74) is 2.68. The number of halogens is 3. The van der Waals surface area contributed by atoms with Crippen molar-refractivity contribution in [1.29, 1.82) is 0 Å². The molecule has 49 heavy (non-hydrogen) atoms. The lowest BCUT2D eigenvalue weighted by Crippen LogP contribution is -2.40. The highest BCUT2D eigenvalue weighted by molar-refractivity contribution is 14.1. The van der Waals surface area contributed by atoms with E-state index in [1.54, 1.807) is 32.0 Å². The van der Waals surface area contributed by atoms with Crippen LogP contribution in [0.15, 0.2) is 75.7 Å². The van der Waals surface area contributed by atoms with Gasteiger partial charge in [0.2, 0.25) is 0 Å². The Morgan fingerprint density at radius 1 is 1.00 bits per heavy atom. The predicted octanol–water partition coefficient (Wildman–Crippen LogP) is 6.19. The number of hydrogen-bond acceptors (Lipinski definition) is 10. The molecule has 0 saturated heterocycles. The number of hydrogen-bond donors (Lipinski definition) is 0. The van der Waals surface area contributed by atoms with Gasteiger partial charge in [0.05, 0.1) is 49.3 Å². The second-order valence-electron chi connectivity index (χ2n) is 10.5. The van der Waals surface area contributed by atoms with Crippen molar-refractivity contribution in [3.8, 4) is 17.2 Å². The van der Waals surface area contributed by atoms with E-state index in [1.165, 1.54) is 23.0 Å². The van der Waals surface area contributed by atoms with Crippen molar-refractivity contribution in [2.75, 3.05) is 26.9 Å². The molecule has 4 aromatic rings. The zero-order chi connectivity index (χ0) is 35.2. The fourth-order valence-electron chi connectivity index (χ4n) is 5.12. The van der Waals surface area contributed by atoms with Crippen LogP contribution in [0.3, 0.4) is 0 Å². The number of rotatable bonds is 12. The number of carbonyl (C=O) groups excluding carboxylic acids is 2. The minimum absolute atomic E-state index is 0.146. The van der Waals surface area contributed by atoms with E-state index in [-0.39, 0.29) is 24.3 Å². The lowest BCUT2D eigenvalue weighted by atomic mass is 9.95. The molecule has 1 aliphatic rings. The van der Waals surface area contributed by atoms with Crippen LogP contribution in [0.2, 0.25) is 5.02 Å². The van der Waals surface area contributed by atoms with Crippen molar-refractivity contribution < 1.29 is 33.3 Å². The van der Waals surface area contributed by atoms with E-state index >= 15 is 0 Å². The molecule has 1 atom stereocenters. The Bertz CT molecular complexity index is 2110. The van der Waals surface area contributed by atoms with Crippen LogP contribution in [-0.2, 0) is 25.7 Å². The first-order valence-electron chi connectivity index (χ1n) is 15.1. The molecule has 0 radical (unpaired) electrons. The van der Waals surface area contributed by atoms with Crippen LogP contribution in [0, 0.1) is 7.14 Å². The van der Waals surface area contributed by atoms with Crippen LogP contribution < -0.4 is 29.1 Å². The zero-order valence-corrected chi connectivity index (χ0v) is 32.8. The molecule has 0 N–H and O–H groups in total. The fraction of sp³-hybridized carbons (Fsp3) is 0.257. The number of methoxy groups -OCH3 is 1. The Labute approximate surface area is 318 Å². The van der Waals surface area contributed by atoms with E-state index in [9.17, 15) is 14.4 Å². The van der Waals surface area contributed by atoms with Gasteiger partial charge in [-0.2, -0.15) is 0 Å². The van der Waals surface area contributed by atoms with E-state index in [0.717, 1.165) is 24.0 Å². The number of allylic oxidation sites excluding steroid dienone is 1. The van der Waals surface area contributed by atoms with Crippen molar-refractivity contribution in [1.82, 2.24) is 4.57 Å². The van der Waals surface area contributed by atoms with Gasteiger partial charge in [0.15, 0.2) is 22.9 Å². The minimum Gasteiger partial charge on any atom is -0.490 e. The molecule has 10 nitrogen and oxygen atoms in total. The number of thiazole rings is 1. The number of ether oxygens (including phenoxy) is 5. The Kier molecular flexibility index (Phi) is 12.4. The first-order valence-corrected chi connectivity index (χ1v) is 18.4. The molecule has 1 aromatic heterocycles. The fourth-order valence-corrected chi connectivity index (χ4v) is 8.51. The lowest BCUT2D eigenvalue weighted by Gasteiger charge is -2.25. The van der Waals surface area contributed by atoms with Crippen LogP contribution in [0.25, 0.3) is 6.08 Å². The van der Waals surface area contributed by atoms with E-state index in [4.69, 9.17) is 30.5 Å². The molecule has 0 unspecified atom stereocenters. The summed E-state index contributed by atoms with van der Waals surface area (Å²) in [4.78, 5) is 44.4. The van der Waals surface area contributed by atoms with E-state index in [1.807, 2.05) is 49.4 Å². The quantitative estimate of drug-likeness (QED) is 0.122. The highest BCUT2D eigenvalue weighted by Gasteiger charge is 2.34. The Balaban J connectivity index is 1.57. The number of benzene rings is 3. The highest BCUT2D eigenvalue weighted by atomic mass is 127. The van der Waals surface area contributed by atoms with Crippen molar-refractivity contribution in [3.05, 3.63) is 114 Å². The third kappa shape index (κ3) is 8.49. The van der Waals surface area contributed by atoms with Gasteiger partial charge in [-0.1, -0.05) is 41.1 Å². The van der Waals surface area contributed by atoms with Gasteiger partial charge in [-0.3, -0.25) is 9.36 Å². The molecule has 0 fully saturated rings. The summed E-state index contributed by atoms with van der Waals surface area (Å²) in [6.45, 7) is 5.75. The molecule has 0 spiro atoms. The first kappa shape index (κ1) is 36.9. The maximum absolute atomic E-state index is 14.2. The summed E-state index contributed by atoms with van der Waals surface area (Å²) < 4.78 is 31.4. The predicted molar refractivity (Wildman–Crippen MR) is 203 cm³/mol. The smallest absolute Gasteiger partial charge is 0.343 e. The van der Waals surface area contributed by atoms with Crippen molar-refractivity contribution in [2.24, 2.45) is 4.99 Å². The number of esters is 2. The molecule has 3 aromatic carbocycles. The normalized spacial score (nSPS) is 14.2. The molecule has 2 heterocycles. The van der Waals surface area contributed by atoms with Gasteiger partial charge in [0, 0.05) is 5.02 Å². The average molecular weight is 929 g/mol. The van der Waals surface area contributed by atoms with E-state index in [2.05, 4.69) is 54.9 Å². The number of nitrogens with zero attached hydrogens (tertiary/aromatic N) is 2. The summed E-state index contributed by atoms with van der Waals surface area (Å²) in [5, 5.41) is 0.644. The average Bonchev–Trinajstić information content (AvgIpc) is 3.36. The Morgan fingerprint density at radius 3 is 2.43 bits per heavy atom. The molecule has 0 saturated carbocycles. The van der Waals surface area contributed by atoms with Crippen molar-refractivity contribution in [3.63, 3.8) is 0 Å². The molecule has 256 valence electrons. The number of fused-ring (bicyclic) bond motifs is 1. The standard InChI is InChI=1S/C35H31ClI2N2O8S/c1-5-45-27-16-22(10-11-26(27)47-18-29(41)44-4)31-30(34(43)46-6-2)19(3)39-35-40(31)33(42)28(49-35)15-21-13-24(37)32(25(38)14-21)48-17-20-8-7-9-23(36)12-20/h7-16,31H,5-6,17-18H2,1-4H3/b28-15+/t31-/m0/s1. The highest BCUT2D eigenvalue weighted by Crippen LogP contribution is 2.37. The summed E-state index contributed by atoms with van der Waals surface area (Å²) in [5.74, 6) is 0.255. The second kappa shape index (κ2) is 16.5. The van der Waals surface area contributed by atoms with Gasteiger partial charge < -0.3 is 23.7 Å². The monoisotopic (exact) mass is 928 g/mol. The lowest BCUT2D eigenvalue weighted by molar-refractivity contribution is -0.143. The maximum atomic E-state index is 14.2. The van der Waals surface area contributed by atoms with Crippen molar-refractivity contribution >= 4 is 86.1 Å². The summed E-state index contributed by atoms with van der Waals surface area (Å²) >= 11 is 11.8. The molecule has 1 aliphatic heterocycles. The van der Waals surface area contributed by atoms with Crippen LogP contribution >= 0.6 is 68.1 Å². The summed E-state index contributed by atoms with van der Waals surface area (Å²) in [6.07, 6.45) is 1.81. The van der Waals surface area contributed by atoms with Gasteiger partial charge in [-0.05, 0) is 125 Å². The van der Waals surface area contributed by atoms with Gasteiger partial charge in [0.25, 0.3) is 5.56 Å². The molecule has 0 bridgehead atoms. The van der Waals surface area contributed by atoms with Crippen LogP contribution in [0.5, 0.6) is 17.2 Å². The molecular weight excluding hydrogens is 898 g/mol. The molecular formula is C35H31ClI2N2O8S. The summed E-state index contributed by atoms with van der Waals surface area (Å²) in [6, 6.07) is 15.6. The van der Waals surface area contributed by atoms with Gasteiger partial charge in [-0.25, -0.2) is 14.6 Å². The topological polar surface area (TPSA) is 115 Å². The Hall–Kier alpha value is -3.41. The third-order valence-electron chi connectivity index (χ3n) is 7.26. The van der Waals surface area contributed by atoms with E-state index < -0.39 is 18.0 Å². The van der Waals surface area contributed by atoms with Crippen molar-refractivity contribution in [2.45, 2.75) is 33.4 Å².